The van der Waals surface area contributed by atoms with Crippen LogP contribution in [0.2, 0.25) is 0 Å². The molecule has 0 saturated carbocycles. The minimum absolute atomic E-state index is 0.113. The summed E-state index contributed by atoms with van der Waals surface area (Å²) in [7, 11) is 4.93. The number of hydrogen-bond acceptors (Lipinski definition) is 4. The summed E-state index contributed by atoms with van der Waals surface area (Å²) in [4.78, 5) is 18.0. The van der Waals surface area contributed by atoms with Crippen molar-refractivity contribution in [1.29, 1.82) is 0 Å². The normalized spacial score (nSPS) is 11.5. The second-order valence-corrected chi connectivity index (χ2v) is 9.27. The van der Waals surface area contributed by atoms with E-state index in [-0.39, 0.29) is 16.9 Å². The number of para-hydroxylation sites is 1. The molecule has 0 fully saturated rings. The number of aryl methyl sites for hydroxylation is 3. The van der Waals surface area contributed by atoms with Crippen LogP contribution in [0.1, 0.15) is 16.7 Å². The third-order valence-electron chi connectivity index (χ3n) is 6.10. The SMILES string of the molecule is [CH-]=C(/C(=C\N(C)[CH]=[Mo])Oc1c(C)cccc1C)c1cn(C)c(=O)c2[nH]c(-c3cccc(OC)c3F)cc12. The number of allylic oxidation sites excluding steroid dienone is 1. The van der Waals surface area contributed by atoms with Crippen LogP contribution in [-0.2, 0) is 26.4 Å². The summed E-state index contributed by atoms with van der Waals surface area (Å²) in [5, 5.41) is 0.553. The number of nitrogens with zero attached hydrogens (tertiary/aromatic N) is 2. The molecule has 6 nitrogen and oxygen atoms in total. The molecule has 0 aliphatic carbocycles. The van der Waals surface area contributed by atoms with E-state index in [1.807, 2.05) is 67.9 Å². The standard InChI is InChI=1S/C29H27FN3O3.Mo/c1-17-10-8-11-18(2)28(17)36-25(16-32(4)5)19(3)22-15-33(6)29(34)27-21(22)14-23(31-27)20-12-9-13-24(35-7)26(20)30;/h3-4,8-16,31H,1-2,5-7H3;/q-1;/b25-16+;. The van der Waals surface area contributed by atoms with Crippen molar-refractivity contribution >= 4 is 21.0 Å². The van der Waals surface area contributed by atoms with E-state index in [4.69, 9.17) is 16.1 Å². The number of rotatable bonds is 8. The topological polar surface area (TPSA) is 59.5 Å². The molecular formula is C29H27FMoN3O3-. The Morgan fingerprint density at radius 1 is 1.19 bits per heavy atom. The molecule has 0 spiro atoms. The molecule has 2 heterocycles. The molecule has 0 unspecified atom stereocenters. The number of pyridine rings is 1. The van der Waals surface area contributed by atoms with Gasteiger partial charge >= 0.3 is 209 Å². The van der Waals surface area contributed by atoms with Gasteiger partial charge in [0.2, 0.25) is 0 Å². The first-order chi connectivity index (χ1) is 17.7. The van der Waals surface area contributed by atoms with Crippen LogP contribution >= 0.6 is 0 Å². The Balaban J connectivity index is 1.90. The summed E-state index contributed by atoms with van der Waals surface area (Å²) < 4.78 is 29.9. The van der Waals surface area contributed by atoms with E-state index in [1.165, 1.54) is 11.7 Å². The number of hydrogen-bond donors (Lipinski definition) is 1. The molecule has 0 bridgehead atoms. The minimum atomic E-state index is -0.522. The molecule has 0 aliphatic heterocycles. The van der Waals surface area contributed by atoms with Crippen molar-refractivity contribution < 1.29 is 33.2 Å². The van der Waals surface area contributed by atoms with Crippen LogP contribution in [0.25, 0.3) is 27.7 Å². The predicted molar refractivity (Wildman–Crippen MR) is 142 cm³/mol. The summed E-state index contributed by atoms with van der Waals surface area (Å²) in [5.74, 6) is 0.708. The molecule has 4 aromatic rings. The monoisotopic (exact) mass is 582 g/mol. The number of halogens is 1. The Bertz CT molecular complexity index is 1600. The zero-order chi connectivity index (χ0) is 26.9. The molecule has 4 rings (SSSR count). The Morgan fingerprint density at radius 3 is 2.51 bits per heavy atom. The molecule has 0 amide bonds. The van der Waals surface area contributed by atoms with Gasteiger partial charge in [-0.3, -0.25) is 0 Å². The predicted octanol–water partition coefficient (Wildman–Crippen LogP) is 5.27. The number of aromatic nitrogens is 2. The Morgan fingerprint density at radius 2 is 1.86 bits per heavy atom. The van der Waals surface area contributed by atoms with Crippen LogP contribution < -0.4 is 15.0 Å². The maximum atomic E-state index is 15.1. The average molecular weight is 580 g/mol. The number of benzene rings is 2. The van der Waals surface area contributed by atoms with E-state index in [0.29, 0.717) is 39.2 Å². The molecule has 0 atom stereocenters. The van der Waals surface area contributed by atoms with Gasteiger partial charge in [-0.25, -0.2) is 0 Å². The molecule has 190 valence electrons. The van der Waals surface area contributed by atoms with Gasteiger partial charge in [0.1, 0.15) is 0 Å². The van der Waals surface area contributed by atoms with Gasteiger partial charge in [0, 0.05) is 0 Å². The van der Waals surface area contributed by atoms with E-state index in [1.54, 1.807) is 43.7 Å². The number of H-pyrrole nitrogens is 1. The second-order valence-electron chi connectivity index (χ2n) is 8.75. The van der Waals surface area contributed by atoms with Crippen LogP contribution in [0.15, 0.2) is 65.4 Å². The molecule has 37 heavy (non-hydrogen) atoms. The van der Waals surface area contributed by atoms with Crippen LogP contribution in [-0.4, -0.2) is 33.1 Å². The van der Waals surface area contributed by atoms with Gasteiger partial charge in [0.25, 0.3) is 0 Å². The fourth-order valence-corrected chi connectivity index (χ4v) is 4.29. The first kappa shape index (κ1) is 26.4. The zero-order valence-corrected chi connectivity index (χ0v) is 23.3. The van der Waals surface area contributed by atoms with Crippen molar-refractivity contribution in [1.82, 2.24) is 14.5 Å². The van der Waals surface area contributed by atoms with E-state index in [9.17, 15) is 4.79 Å². The van der Waals surface area contributed by atoms with E-state index >= 15 is 4.39 Å². The van der Waals surface area contributed by atoms with Crippen LogP contribution in [0.5, 0.6) is 11.5 Å². The summed E-state index contributed by atoms with van der Waals surface area (Å²) >= 11 is 1.82. The van der Waals surface area contributed by atoms with E-state index in [0.717, 1.165) is 11.1 Å². The summed E-state index contributed by atoms with van der Waals surface area (Å²) in [6.07, 6.45) is 3.45. The van der Waals surface area contributed by atoms with Crippen molar-refractivity contribution in [3.8, 4) is 22.8 Å². The summed E-state index contributed by atoms with van der Waals surface area (Å²) in [6, 6.07) is 12.5. The van der Waals surface area contributed by atoms with Crippen molar-refractivity contribution in [2.24, 2.45) is 7.05 Å². The number of nitrogens with one attached hydrogen (secondary N) is 1. The molecule has 8 heteroatoms. The first-order valence-electron chi connectivity index (χ1n) is 11.5. The fourth-order valence-electron chi connectivity index (χ4n) is 4.14. The quantitative estimate of drug-likeness (QED) is 0.134. The van der Waals surface area contributed by atoms with Crippen LogP contribution in [0.3, 0.4) is 0 Å². The summed E-state index contributed by atoms with van der Waals surface area (Å²) in [6.45, 7) is 10.7. The zero-order valence-electron chi connectivity index (χ0n) is 21.3. The van der Waals surface area contributed by atoms with Gasteiger partial charge in [-0.1, -0.05) is 0 Å². The van der Waals surface area contributed by atoms with Gasteiger partial charge in [0.15, 0.2) is 0 Å². The van der Waals surface area contributed by atoms with E-state index < -0.39 is 5.82 Å². The molecule has 2 aromatic carbocycles. The van der Waals surface area contributed by atoms with Crippen LogP contribution in [0, 0.1) is 26.2 Å². The second kappa shape index (κ2) is 10.7. The molecule has 1 N–H and O–H groups in total. The Hall–Kier alpha value is -3.70. The number of aromatic amines is 1. The Kier molecular flexibility index (Phi) is 7.65. The fraction of sp³-hybridized carbons (Fsp3) is 0.172. The summed E-state index contributed by atoms with van der Waals surface area (Å²) in [5.41, 5.74) is 3.59. The van der Waals surface area contributed by atoms with Crippen molar-refractivity contribution in [2.45, 2.75) is 13.8 Å². The average Bonchev–Trinajstić information content (AvgIpc) is 3.33. The molecule has 0 radical (unpaired) electrons. The molecular weight excluding hydrogens is 553 g/mol. The molecule has 0 saturated heterocycles. The van der Waals surface area contributed by atoms with Crippen molar-refractivity contribution in [3.63, 3.8) is 0 Å². The van der Waals surface area contributed by atoms with Gasteiger partial charge in [0.05, 0.1) is 7.11 Å². The number of methoxy groups -OCH3 is 1. The van der Waals surface area contributed by atoms with Gasteiger partial charge in [-0.2, -0.15) is 0 Å². The number of ether oxygens (including phenoxy) is 2. The third-order valence-corrected chi connectivity index (χ3v) is 6.92. The number of fused-ring (bicyclic) bond motifs is 1. The molecule has 0 aliphatic rings. The molecule has 2 aromatic heterocycles. The third kappa shape index (κ3) is 5.09. The van der Waals surface area contributed by atoms with Crippen molar-refractivity contribution in [3.05, 3.63) is 100 Å². The van der Waals surface area contributed by atoms with Crippen LogP contribution in [0.4, 0.5) is 4.39 Å². The van der Waals surface area contributed by atoms with Crippen molar-refractivity contribution in [2.75, 3.05) is 14.2 Å². The Labute approximate surface area is 226 Å². The van der Waals surface area contributed by atoms with Gasteiger partial charge in [-0.05, 0) is 6.07 Å². The maximum absolute atomic E-state index is 15.1. The van der Waals surface area contributed by atoms with Gasteiger partial charge in [-0.15, -0.1) is 0 Å². The van der Waals surface area contributed by atoms with Gasteiger partial charge < -0.3 is 4.74 Å². The van der Waals surface area contributed by atoms with E-state index in [2.05, 4.69) is 4.98 Å². The first-order valence-corrected chi connectivity index (χ1v) is 12.6.